The molecule has 0 aliphatic heterocycles. The fourth-order valence-electron chi connectivity index (χ4n) is 1.57. The van der Waals surface area contributed by atoms with Gasteiger partial charge in [-0.3, -0.25) is 4.98 Å². The number of hydrogen-bond donors (Lipinski definition) is 1. The molecule has 0 atom stereocenters. The van der Waals surface area contributed by atoms with E-state index in [1.54, 1.807) is 6.20 Å². The fourth-order valence-corrected chi connectivity index (χ4v) is 1.57. The van der Waals surface area contributed by atoms with Crippen LogP contribution in [0, 0.1) is 5.92 Å². The maximum absolute atomic E-state index is 5.64. The second-order valence-corrected chi connectivity index (χ2v) is 4.98. The highest BCUT2D eigenvalue weighted by molar-refractivity contribution is 5.22. The summed E-state index contributed by atoms with van der Waals surface area (Å²) in [6, 6.07) is 3.86. The molecular weight excluding hydrogens is 240 g/mol. The summed E-state index contributed by atoms with van der Waals surface area (Å²) in [6.45, 7) is 10.2. The van der Waals surface area contributed by atoms with E-state index in [-0.39, 0.29) is 0 Å². The highest BCUT2D eigenvalue weighted by atomic mass is 16.5. The third kappa shape index (κ3) is 7.80. The fraction of sp³-hybridized carbons (Fsp3) is 0.667. The van der Waals surface area contributed by atoms with Gasteiger partial charge in [0.25, 0.3) is 0 Å². The predicted octanol–water partition coefficient (Wildman–Crippen LogP) is 2.63. The van der Waals surface area contributed by atoms with Crippen molar-refractivity contribution in [2.24, 2.45) is 5.92 Å². The lowest BCUT2D eigenvalue weighted by molar-refractivity contribution is 0.0818. The van der Waals surface area contributed by atoms with E-state index in [1.807, 2.05) is 12.1 Å². The molecule has 1 rings (SSSR count). The molecule has 4 nitrogen and oxygen atoms in total. The smallest absolute Gasteiger partial charge is 0.122 e. The summed E-state index contributed by atoms with van der Waals surface area (Å²) in [5, 5.41) is 3.32. The van der Waals surface area contributed by atoms with Gasteiger partial charge in [-0.15, -0.1) is 0 Å². The topological polar surface area (TPSA) is 43.4 Å². The summed E-state index contributed by atoms with van der Waals surface area (Å²) in [6.07, 6.45) is 2.91. The molecule has 0 spiro atoms. The van der Waals surface area contributed by atoms with Crippen molar-refractivity contribution < 1.29 is 9.47 Å². The Morgan fingerprint density at radius 1 is 1.32 bits per heavy atom. The number of nitrogens with one attached hydrogen (secondary N) is 1. The van der Waals surface area contributed by atoms with Crippen LogP contribution in [0.3, 0.4) is 0 Å². The number of rotatable bonds is 10. The standard InChI is InChI=1S/C15H26N2O2/c1-4-6-16-11-14-10-15(5-7-17-14)19-9-8-18-12-13(2)3/h5,7,10,13,16H,4,6,8-9,11-12H2,1-3H3. The zero-order chi connectivity index (χ0) is 13.9. The van der Waals surface area contributed by atoms with Crippen molar-refractivity contribution in [1.29, 1.82) is 0 Å². The maximum Gasteiger partial charge on any atom is 0.122 e. The van der Waals surface area contributed by atoms with Crippen molar-refractivity contribution in [3.63, 3.8) is 0 Å². The second-order valence-electron chi connectivity index (χ2n) is 4.98. The molecule has 1 N–H and O–H groups in total. The second kappa shape index (κ2) is 9.75. The number of ether oxygens (including phenoxy) is 2. The molecule has 0 saturated heterocycles. The van der Waals surface area contributed by atoms with Crippen molar-refractivity contribution in [1.82, 2.24) is 10.3 Å². The molecule has 0 aliphatic rings. The van der Waals surface area contributed by atoms with E-state index >= 15 is 0 Å². The predicted molar refractivity (Wildman–Crippen MR) is 77.4 cm³/mol. The first-order chi connectivity index (χ1) is 9.22. The lowest BCUT2D eigenvalue weighted by Gasteiger charge is -2.09. The van der Waals surface area contributed by atoms with Crippen LogP contribution in [0.2, 0.25) is 0 Å². The van der Waals surface area contributed by atoms with E-state index in [4.69, 9.17) is 9.47 Å². The van der Waals surface area contributed by atoms with Crippen LogP contribution in [0.25, 0.3) is 0 Å². The van der Waals surface area contributed by atoms with Gasteiger partial charge in [-0.05, 0) is 24.9 Å². The van der Waals surface area contributed by atoms with Crippen LogP contribution in [0.15, 0.2) is 18.3 Å². The van der Waals surface area contributed by atoms with Crippen LogP contribution in [-0.2, 0) is 11.3 Å². The van der Waals surface area contributed by atoms with E-state index in [1.165, 1.54) is 0 Å². The van der Waals surface area contributed by atoms with Gasteiger partial charge in [0.1, 0.15) is 12.4 Å². The average Bonchev–Trinajstić information content (AvgIpc) is 2.39. The van der Waals surface area contributed by atoms with Gasteiger partial charge in [0, 0.05) is 25.4 Å². The Morgan fingerprint density at radius 2 is 2.16 bits per heavy atom. The van der Waals surface area contributed by atoms with Gasteiger partial charge in [-0.2, -0.15) is 0 Å². The first-order valence-electron chi connectivity index (χ1n) is 7.08. The lowest BCUT2D eigenvalue weighted by atomic mass is 10.2. The van der Waals surface area contributed by atoms with Crippen LogP contribution in [0.4, 0.5) is 0 Å². The van der Waals surface area contributed by atoms with Gasteiger partial charge in [0.2, 0.25) is 0 Å². The van der Waals surface area contributed by atoms with E-state index in [0.29, 0.717) is 19.1 Å². The zero-order valence-corrected chi connectivity index (χ0v) is 12.3. The molecule has 0 radical (unpaired) electrons. The molecule has 1 heterocycles. The van der Waals surface area contributed by atoms with Gasteiger partial charge in [-0.25, -0.2) is 0 Å². The maximum atomic E-state index is 5.64. The molecule has 19 heavy (non-hydrogen) atoms. The number of hydrogen-bond acceptors (Lipinski definition) is 4. The van der Waals surface area contributed by atoms with Crippen LogP contribution >= 0.6 is 0 Å². The van der Waals surface area contributed by atoms with Gasteiger partial charge >= 0.3 is 0 Å². The number of aromatic nitrogens is 1. The van der Waals surface area contributed by atoms with Crippen molar-refractivity contribution in [2.75, 3.05) is 26.4 Å². The number of nitrogens with zero attached hydrogens (tertiary/aromatic N) is 1. The normalized spacial score (nSPS) is 10.9. The van der Waals surface area contributed by atoms with Crippen LogP contribution in [0.1, 0.15) is 32.9 Å². The van der Waals surface area contributed by atoms with Crippen molar-refractivity contribution >= 4 is 0 Å². The Hall–Kier alpha value is -1.13. The number of pyridine rings is 1. The van der Waals surface area contributed by atoms with Gasteiger partial charge < -0.3 is 14.8 Å². The highest BCUT2D eigenvalue weighted by Gasteiger charge is 1.99. The Labute approximate surface area is 116 Å². The Kier molecular flexibility index (Phi) is 8.18. The summed E-state index contributed by atoms with van der Waals surface area (Å²) < 4.78 is 11.1. The van der Waals surface area contributed by atoms with Gasteiger partial charge in [0.15, 0.2) is 0 Å². The molecule has 0 aliphatic carbocycles. The zero-order valence-electron chi connectivity index (χ0n) is 12.3. The van der Waals surface area contributed by atoms with E-state index in [2.05, 4.69) is 31.1 Å². The summed E-state index contributed by atoms with van der Waals surface area (Å²) in [7, 11) is 0. The third-order valence-electron chi connectivity index (χ3n) is 2.47. The molecule has 0 fully saturated rings. The third-order valence-corrected chi connectivity index (χ3v) is 2.47. The van der Waals surface area contributed by atoms with Crippen LogP contribution < -0.4 is 10.1 Å². The van der Waals surface area contributed by atoms with Gasteiger partial charge in [0.05, 0.1) is 12.3 Å². The molecule has 1 aromatic rings. The van der Waals surface area contributed by atoms with E-state index in [0.717, 1.165) is 37.6 Å². The molecule has 0 amide bonds. The highest BCUT2D eigenvalue weighted by Crippen LogP contribution is 2.10. The van der Waals surface area contributed by atoms with E-state index in [9.17, 15) is 0 Å². The minimum absolute atomic E-state index is 0.567. The lowest BCUT2D eigenvalue weighted by Crippen LogP contribution is -2.15. The Morgan fingerprint density at radius 3 is 2.89 bits per heavy atom. The van der Waals surface area contributed by atoms with Crippen LogP contribution in [-0.4, -0.2) is 31.3 Å². The SMILES string of the molecule is CCCNCc1cc(OCCOCC(C)C)ccn1. The Bertz CT molecular complexity index is 343. The minimum atomic E-state index is 0.567. The van der Waals surface area contributed by atoms with Gasteiger partial charge in [-0.1, -0.05) is 20.8 Å². The quantitative estimate of drug-likeness (QED) is 0.661. The Balaban J connectivity index is 2.23. The molecule has 0 aromatic carbocycles. The van der Waals surface area contributed by atoms with Crippen molar-refractivity contribution in [3.8, 4) is 5.75 Å². The monoisotopic (exact) mass is 266 g/mol. The molecule has 108 valence electrons. The van der Waals surface area contributed by atoms with Crippen molar-refractivity contribution in [2.45, 2.75) is 33.7 Å². The summed E-state index contributed by atoms with van der Waals surface area (Å²) in [4.78, 5) is 4.31. The minimum Gasteiger partial charge on any atom is -0.491 e. The molecular formula is C15H26N2O2. The molecule has 0 bridgehead atoms. The largest absolute Gasteiger partial charge is 0.491 e. The molecule has 1 aromatic heterocycles. The summed E-state index contributed by atoms with van der Waals surface area (Å²) in [5.74, 6) is 1.42. The summed E-state index contributed by atoms with van der Waals surface area (Å²) in [5.41, 5.74) is 1.01. The summed E-state index contributed by atoms with van der Waals surface area (Å²) >= 11 is 0. The van der Waals surface area contributed by atoms with Crippen molar-refractivity contribution in [3.05, 3.63) is 24.0 Å². The molecule has 0 saturated carbocycles. The van der Waals surface area contributed by atoms with Crippen LogP contribution in [0.5, 0.6) is 5.75 Å². The average molecular weight is 266 g/mol. The molecule has 4 heteroatoms. The van der Waals surface area contributed by atoms with E-state index < -0.39 is 0 Å². The first kappa shape index (κ1) is 15.9. The first-order valence-corrected chi connectivity index (χ1v) is 7.08. The molecule has 0 unspecified atom stereocenters.